The summed E-state index contributed by atoms with van der Waals surface area (Å²) in [5.74, 6) is 0. The van der Waals surface area contributed by atoms with Crippen LogP contribution in [0.3, 0.4) is 0 Å². The number of hydrogen-bond acceptors (Lipinski definition) is 1. The van der Waals surface area contributed by atoms with Crippen molar-refractivity contribution in [1.29, 1.82) is 0 Å². The van der Waals surface area contributed by atoms with E-state index in [2.05, 4.69) is 19.1 Å². The molecule has 0 aliphatic carbocycles. The van der Waals surface area contributed by atoms with Crippen molar-refractivity contribution in [2.75, 3.05) is 0 Å². The van der Waals surface area contributed by atoms with Gasteiger partial charge in [-0.2, -0.15) is 0 Å². The summed E-state index contributed by atoms with van der Waals surface area (Å²) < 4.78 is 0. The Morgan fingerprint density at radius 3 is 2.59 bits per heavy atom. The molecule has 0 fully saturated rings. The Balaban J connectivity index is 2.36. The van der Waals surface area contributed by atoms with Gasteiger partial charge in [-0.25, -0.2) is 0 Å². The molecule has 0 saturated carbocycles. The zero-order chi connectivity index (χ0) is 12.4. The predicted molar refractivity (Wildman–Crippen MR) is 77.9 cm³/mol. The zero-order valence-corrected chi connectivity index (χ0v) is 12.3. The van der Waals surface area contributed by atoms with E-state index in [0.29, 0.717) is 10.0 Å². The first-order valence-corrected chi connectivity index (χ1v) is 7.31. The second kappa shape index (κ2) is 5.62. The first-order chi connectivity index (χ1) is 8.13. The smallest absolute Gasteiger partial charge is 0.0942 e. The Morgan fingerprint density at radius 2 is 1.94 bits per heavy atom. The largest absolute Gasteiger partial charge is 0.143 e. The number of aryl methyl sites for hydroxylation is 1. The minimum absolute atomic E-state index is 0.230. The van der Waals surface area contributed by atoms with Crippen molar-refractivity contribution in [3.05, 3.63) is 55.7 Å². The second-order valence-electron chi connectivity index (χ2n) is 3.66. The van der Waals surface area contributed by atoms with Gasteiger partial charge >= 0.3 is 0 Å². The van der Waals surface area contributed by atoms with Crippen molar-refractivity contribution in [2.24, 2.45) is 0 Å². The normalized spacial score (nSPS) is 12.7. The van der Waals surface area contributed by atoms with Gasteiger partial charge in [0.2, 0.25) is 0 Å². The molecule has 0 bridgehead atoms. The van der Waals surface area contributed by atoms with Gasteiger partial charge in [0.05, 0.1) is 15.4 Å². The second-order valence-corrected chi connectivity index (χ2v) is 6.08. The molecule has 0 aliphatic heterocycles. The van der Waals surface area contributed by atoms with Gasteiger partial charge in [0, 0.05) is 9.75 Å². The molecule has 0 spiro atoms. The van der Waals surface area contributed by atoms with Crippen LogP contribution in [0.15, 0.2) is 30.3 Å². The highest BCUT2D eigenvalue weighted by atomic mass is 35.5. The monoisotopic (exact) mass is 304 g/mol. The van der Waals surface area contributed by atoms with Crippen LogP contribution in [0, 0.1) is 0 Å². The topological polar surface area (TPSA) is 0 Å². The van der Waals surface area contributed by atoms with Crippen molar-refractivity contribution in [1.82, 2.24) is 0 Å². The van der Waals surface area contributed by atoms with Crippen molar-refractivity contribution in [3.63, 3.8) is 0 Å². The fourth-order valence-corrected chi connectivity index (χ4v) is 3.40. The number of benzene rings is 1. The Labute approximate surface area is 120 Å². The average molecular weight is 306 g/mol. The molecule has 0 radical (unpaired) electrons. The summed E-state index contributed by atoms with van der Waals surface area (Å²) in [4.78, 5) is 2.43. The highest BCUT2D eigenvalue weighted by Gasteiger charge is 2.17. The molecule has 1 aromatic carbocycles. The minimum atomic E-state index is -0.230. The van der Waals surface area contributed by atoms with Gasteiger partial charge in [-0.05, 0) is 30.2 Å². The lowest BCUT2D eigenvalue weighted by molar-refractivity contribution is 1.18. The third-order valence-electron chi connectivity index (χ3n) is 2.54. The van der Waals surface area contributed by atoms with Crippen LogP contribution in [-0.4, -0.2) is 0 Å². The first-order valence-electron chi connectivity index (χ1n) is 5.30. The highest BCUT2D eigenvalue weighted by molar-refractivity contribution is 7.12. The van der Waals surface area contributed by atoms with Gasteiger partial charge in [0.15, 0.2) is 0 Å². The van der Waals surface area contributed by atoms with Crippen LogP contribution in [0.25, 0.3) is 0 Å². The van der Waals surface area contributed by atoms with Crippen LogP contribution in [0.2, 0.25) is 10.0 Å². The maximum Gasteiger partial charge on any atom is 0.0942 e. The summed E-state index contributed by atoms with van der Waals surface area (Å²) in [6.07, 6.45) is 1.03. The van der Waals surface area contributed by atoms with Crippen molar-refractivity contribution in [2.45, 2.75) is 18.7 Å². The lowest BCUT2D eigenvalue weighted by atomic mass is 10.1. The minimum Gasteiger partial charge on any atom is -0.143 e. The van der Waals surface area contributed by atoms with E-state index in [0.717, 1.165) is 16.9 Å². The number of alkyl halides is 1. The van der Waals surface area contributed by atoms with E-state index in [-0.39, 0.29) is 5.38 Å². The lowest BCUT2D eigenvalue weighted by Crippen LogP contribution is -1.91. The fourth-order valence-electron chi connectivity index (χ4n) is 1.59. The van der Waals surface area contributed by atoms with Crippen molar-refractivity contribution in [3.8, 4) is 0 Å². The lowest BCUT2D eigenvalue weighted by Gasteiger charge is -2.10. The van der Waals surface area contributed by atoms with Gasteiger partial charge in [0.25, 0.3) is 0 Å². The SMILES string of the molecule is CCc1ccc(C(Cl)c2cccc(Cl)c2Cl)s1. The molecule has 1 heterocycles. The van der Waals surface area contributed by atoms with Crippen LogP contribution in [0.5, 0.6) is 0 Å². The molecule has 1 aromatic heterocycles. The summed E-state index contributed by atoms with van der Waals surface area (Å²) >= 11 is 20.3. The molecule has 0 N–H and O–H groups in total. The number of thiophene rings is 1. The van der Waals surface area contributed by atoms with Crippen LogP contribution in [-0.2, 0) is 6.42 Å². The van der Waals surface area contributed by atoms with E-state index < -0.39 is 0 Å². The number of rotatable bonds is 3. The molecular formula is C13H11Cl3S. The quantitative estimate of drug-likeness (QED) is 0.615. The molecular weight excluding hydrogens is 295 g/mol. The Hall–Kier alpha value is -0.210. The van der Waals surface area contributed by atoms with Gasteiger partial charge in [-0.15, -0.1) is 22.9 Å². The molecule has 90 valence electrons. The van der Waals surface area contributed by atoms with Gasteiger partial charge in [-0.1, -0.05) is 42.3 Å². The summed E-state index contributed by atoms with van der Waals surface area (Å²) in [5, 5.41) is 0.856. The summed E-state index contributed by atoms with van der Waals surface area (Å²) in [6.45, 7) is 2.13. The van der Waals surface area contributed by atoms with E-state index in [9.17, 15) is 0 Å². The molecule has 0 saturated heterocycles. The van der Waals surface area contributed by atoms with Crippen LogP contribution in [0.1, 0.15) is 27.6 Å². The third-order valence-corrected chi connectivity index (χ3v) is 5.26. The van der Waals surface area contributed by atoms with Gasteiger partial charge < -0.3 is 0 Å². The molecule has 4 heteroatoms. The zero-order valence-electron chi connectivity index (χ0n) is 9.21. The molecule has 2 rings (SSSR count). The maximum absolute atomic E-state index is 6.45. The maximum atomic E-state index is 6.45. The molecule has 0 nitrogen and oxygen atoms in total. The molecule has 0 aliphatic rings. The van der Waals surface area contributed by atoms with Crippen molar-refractivity contribution < 1.29 is 0 Å². The molecule has 2 aromatic rings. The molecule has 1 atom stereocenters. The summed E-state index contributed by atoms with van der Waals surface area (Å²) in [6, 6.07) is 9.71. The van der Waals surface area contributed by atoms with E-state index in [1.165, 1.54) is 4.88 Å². The standard InChI is InChI=1S/C13H11Cl3S/c1-2-8-6-7-11(17-8)13(16)9-4-3-5-10(14)12(9)15/h3-7,13H,2H2,1H3. The van der Waals surface area contributed by atoms with E-state index in [4.69, 9.17) is 34.8 Å². The first kappa shape index (κ1) is 13.2. The number of hydrogen-bond donors (Lipinski definition) is 0. The average Bonchev–Trinajstić information content (AvgIpc) is 2.80. The Kier molecular flexibility index (Phi) is 4.37. The van der Waals surface area contributed by atoms with Crippen molar-refractivity contribution >= 4 is 46.1 Å². The predicted octanol–water partition coefficient (Wildman–Crippen LogP) is 5.95. The van der Waals surface area contributed by atoms with Gasteiger partial charge in [0.1, 0.15) is 0 Å². The summed E-state index contributed by atoms with van der Waals surface area (Å²) in [7, 11) is 0. The van der Waals surface area contributed by atoms with Crippen LogP contribution >= 0.6 is 46.1 Å². The van der Waals surface area contributed by atoms with Crippen LogP contribution in [0.4, 0.5) is 0 Å². The van der Waals surface area contributed by atoms with E-state index in [1.807, 2.05) is 12.1 Å². The third kappa shape index (κ3) is 2.79. The molecule has 1 unspecified atom stereocenters. The Morgan fingerprint density at radius 1 is 1.18 bits per heavy atom. The van der Waals surface area contributed by atoms with E-state index in [1.54, 1.807) is 17.4 Å². The van der Waals surface area contributed by atoms with Gasteiger partial charge in [-0.3, -0.25) is 0 Å². The molecule has 0 amide bonds. The highest BCUT2D eigenvalue weighted by Crippen LogP contribution is 2.39. The van der Waals surface area contributed by atoms with Crippen LogP contribution < -0.4 is 0 Å². The van der Waals surface area contributed by atoms with E-state index >= 15 is 0 Å². The fraction of sp³-hybridized carbons (Fsp3) is 0.231. The molecule has 17 heavy (non-hydrogen) atoms. The number of halogens is 3. The summed E-state index contributed by atoms with van der Waals surface area (Å²) in [5.41, 5.74) is 0.866. The Bertz CT molecular complexity index is 519.